The lowest BCUT2D eigenvalue weighted by Gasteiger charge is -2.24. The van der Waals surface area contributed by atoms with Crippen LogP contribution in [0.1, 0.15) is 20.8 Å². The van der Waals surface area contributed by atoms with E-state index in [1.165, 1.54) is 18.2 Å². The minimum atomic E-state index is -3.93. The number of nitrogens with zero attached hydrogens (tertiary/aromatic N) is 1. The number of amides is 1. The average Bonchev–Trinajstić information content (AvgIpc) is 3.20. The molecule has 3 aromatic rings. The van der Waals surface area contributed by atoms with Gasteiger partial charge in [-0.15, -0.1) is 11.3 Å². The van der Waals surface area contributed by atoms with Crippen LogP contribution >= 0.6 is 27.3 Å². The van der Waals surface area contributed by atoms with Crippen molar-refractivity contribution in [3.05, 3.63) is 80.5 Å². The Balaban J connectivity index is 2.01. The van der Waals surface area contributed by atoms with Gasteiger partial charge in [0.1, 0.15) is 5.75 Å². The van der Waals surface area contributed by atoms with Crippen LogP contribution in [0, 0.1) is 0 Å². The molecule has 0 atom stereocenters. The molecule has 2 aromatic carbocycles. The van der Waals surface area contributed by atoms with Crippen LogP contribution in [0.15, 0.2) is 69.3 Å². The summed E-state index contributed by atoms with van der Waals surface area (Å²) in [6, 6.07) is 15.5. The second kappa shape index (κ2) is 9.08. The number of hydrogen-bond acceptors (Lipinski definition) is 5. The fourth-order valence-corrected chi connectivity index (χ4v) is 4.52. The van der Waals surface area contributed by atoms with Gasteiger partial charge in [0.2, 0.25) is 10.0 Å². The molecular weight excluding hydrogens is 476 g/mol. The minimum absolute atomic E-state index is 0.114. The van der Waals surface area contributed by atoms with E-state index in [1.807, 2.05) is 41.8 Å². The fourth-order valence-electron chi connectivity index (χ4n) is 2.84. The van der Waals surface area contributed by atoms with Gasteiger partial charge in [-0.1, -0.05) is 24.3 Å². The smallest absolute Gasteiger partial charge is 0.255 e. The largest absolute Gasteiger partial charge is 0.496 e. The van der Waals surface area contributed by atoms with E-state index in [9.17, 15) is 13.2 Å². The number of carbonyl (C=O) groups excluding carboxylic acids is 1. The average molecular weight is 495 g/mol. The van der Waals surface area contributed by atoms with Crippen LogP contribution in [0.2, 0.25) is 0 Å². The summed E-state index contributed by atoms with van der Waals surface area (Å²) in [5.41, 5.74) is 1.07. The summed E-state index contributed by atoms with van der Waals surface area (Å²) in [6.45, 7) is 0.674. The van der Waals surface area contributed by atoms with Gasteiger partial charge >= 0.3 is 0 Å². The zero-order valence-electron chi connectivity index (χ0n) is 15.5. The number of rotatable bonds is 7. The van der Waals surface area contributed by atoms with Gasteiger partial charge in [0, 0.05) is 14.9 Å². The van der Waals surface area contributed by atoms with E-state index in [0.29, 0.717) is 23.3 Å². The monoisotopic (exact) mass is 494 g/mol. The third kappa shape index (κ3) is 5.24. The lowest BCUT2D eigenvalue weighted by atomic mass is 10.1. The Morgan fingerprint density at radius 2 is 1.90 bits per heavy atom. The maximum Gasteiger partial charge on any atom is 0.255 e. The van der Waals surface area contributed by atoms with Crippen molar-refractivity contribution in [1.29, 1.82) is 0 Å². The number of nitrogens with two attached hydrogens (primary N) is 1. The van der Waals surface area contributed by atoms with Crippen molar-refractivity contribution in [2.45, 2.75) is 18.0 Å². The van der Waals surface area contributed by atoms with E-state index < -0.39 is 10.0 Å². The first kappa shape index (κ1) is 21.5. The molecule has 2 N–H and O–H groups in total. The molecule has 9 heteroatoms. The van der Waals surface area contributed by atoms with Crippen molar-refractivity contribution in [3.8, 4) is 5.75 Å². The molecule has 0 aliphatic carbocycles. The van der Waals surface area contributed by atoms with E-state index in [-0.39, 0.29) is 16.4 Å². The van der Waals surface area contributed by atoms with Crippen molar-refractivity contribution >= 4 is 43.2 Å². The second-order valence-corrected chi connectivity index (χ2v) is 9.69. The number of primary sulfonamides is 1. The fraction of sp³-hybridized carbons (Fsp3) is 0.150. The normalized spacial score (nSPS) is 11.3. The molecule has 1 heterocycles. The van der Waals surface area contributed by atoms with E-state index in [0.717, 1.165) is 10.4 Å². The van der Waals surface area contributed by atoms with Crippen molar-refractivity contribution in [2.24, 2.45) is 5.14 Å². The van der Waals surface area contributed by atoms with Crippen LogP contribution in [-0.4, -0.2) is 26.3 Å². The highest BCUT2D eigenvalue weighted by Gasteiger charge is 2.22. The van der Waals surface area contributed by atoms with Crippen LogP contribution in [0.4, 0.5) is 0 Å². The Kier molecular flexibility index (Phi) is 6.74. The molecule has 0 fully saturated rings. The van der Waals surface area contributed by atoms with Crippen LogP contribution < -0.4 is 9.88 Å². The highest BCUT2D eigenvalue weighted by Crippen LogP contribution is 2.26. The molecule has 0 radical (unpaired) electrons. The van der Waals surface area contributed by atoms with Crippen LogP contribution in [0.3, 0.4) is 0 Å². The third-order valence-corrected chi connectivity index (χ3v) is 6.73. The van der Waals surface area contributed by atoms with Crippen LogP contribution in [0.25, 0.3) is 0 Å². The van der Waals surface area contributed by atoms with Gasteiger partial charge in [0.05, 0.1) is 30.7 Å². The van der Waals surface area contributed by atoms with E-state index in [1.54, 1.807) is 23.3 Å². The number of carbonyl (C=O) groups is 1. The molecule has 0 spiro atoms. The van der Waals surface area contributed by atoms with Gasteiger partial charge in [-0.3, -0.25) is 4.79 Å². The highest BCUT2D eigenvalue weighted by molar-refractivity contribution is 9.10. The molecular formula is C20H19BrN2O4S2. The number of halogens is 1. The van der Waals surface area contributed by atoms with Gasteiger partial charge in [-0.05, 0) is 51.6 Å². The molecule has 0 unspecified atom stereocenters. The van der Waals surface area contributed by atoms with Crippen molar-refractivity contribution in [1.82, 2.24) is 4.90 Å². The predicted molar refractivity (Wildman–Crippen MR) is 116 cm³/mol. The summed E-state index contributed by atoms with van der Waals surface area (Å²) in [5.74, 6) is 0.357. The quantitative estimate of drug-likeness (QED) is 0.537. The van der Waals surface area contributed by atoms with Gasteiger partial charge in [-0.2, -0.15) is 0 Å². The number of hydrogen-bond donors (Lipinski definition) is 1. The molecule has 0 aliphatic rings. The topological polar surface area (TPSA) is 89.7 Å². The Hall–Kier alpha value is -2.20. The first-order valence-corrected chi connectivity index (χ1v) is 11.8. The van der Waals surface area contributed by atoms with E-state index in [2.05, 4.69) is 15.9 Å². The first-order valence-electron chi connectivity index (χ1n) is 8.55. The second-order valence-electron chi connectivity index (χ2n) is 6.24. The summed E-state index contributed by atoms with van der Waals surface area (Å²) in [6.07, 6.45) is 0. The SMILES string of the molecule is COc1ccccc1CN(Cc1cccs1)C(=O)c1cc(S(N)(=O)=O)ccc1Br. The lowest BCUT2D eigenvalue weighted by molar-refractivity contribution is 0.0729. The Morgan fingerprint density at radius 3 is 2.55 bits per heavy atom. The molecule has 0 saturated heterocycles. The molecule has 0 bridgehead atoms. The molecule has 29 heavy (non-hydrogen) atoms. The molecule has 0 aliphatic heterocycles. The summed E-state index contributed by atoms with van der Waals surface area (Å²) < 4.78 is 29.4. The Labute approximate surface area is 182 Å². The number of para-hydroxylation sites is 1. The number of thiophene rings is 1. The predicted octanol–water partition coefficient (Wildman–Crippen LogP) is 4.01. The minimum Gasteiger partial charge on any atom is -0.496 e. The Morgan fingerprint density at radius 1 is 1.14 bits per heavy atom. The van der Waals surface area contributed by atoms with Gasteiger partial charge < -0.3 is 9.64 Å². The Bertz CT molecular complexity index is 1120. The summed E-state index contributed by atoms with van der Waals surface area (Å²) in [7, 11) is -2.35. The van der Waals surface area contributed by atoms with Crippen molar-refractivity contribution in [3.63, 3.8) is 0 Å². The van der Waals surface area contributed by atoms with Crippen molar-refractivity contribution < 1.29 is 17.9 Å². The van der Waals surface area contributed by atoms with Crippen LogP contribution in [0.5, 0.6) is 5.75 Å². The maximum atomic E-state index is 13.4. The first-order chi connectivity index (χ1) is 13.8. The summed E-state index contributed by atoms with van der Waals surface area (Å²) in [5, 5.41) is 7.18. The molecule has 152 valence electrons. The van der Waals surface area contributed by atoms with Crippen molar-refractivity contribution in [2.75, 3.05) is 7.11 Å². The molecule has 3 rings (SSSR count). The van der Waals surface area contributed by atoms with E-state index in [4.69, 9.17) is 9.88 Å². The van der Waals surface area contributed by atoms with E-state index >= 15 is 0 Å². The lowest BCUT2D eigenvalue weighted by Crippen LogP contribution is -2.30. The van der Waals surface area contributed by atoms with Gasteiger partial charge in [0.25, 0.3) is 5.91 Å². The van der Waals surface area contributed by atoms with Gasteiger partial charge in [-0.25, -0.2) is 13.6 Å². The zero-order valence-corrected chi connectivity index (χ0v) is 18.8. The number of methoxy groups -OCH3 is 1. The number of sulfonamides is 1. The van der Waals surface area contributed by atoms with Gasteiger partial charge in [0.15, 0.2) is 0 Å². The summed E-state index contributed by atoms with van der Waals surface area (Å²) in [4.78, 5) is 15.9. The highest BCUT2D eigenvalue weighted by atomic mass is 79.9. The zero-order chi connectivity index (χ0) is 21.0. The standard InChI is InChI=1S/C20H19BrN2O4S2/c1-27-19-7-3-2-5-14(19)12-23(13-15-6-4-10-28-15)20(24)17-11-16(29(22,25)26)8-9-18(17)21/h2-11H,12-13H2,1H3,(H2,22,25,26). The number of ether oxygens (including phenoxy) is 1. The molecule has 6 nitrogen and oxygen atoms in total. The molecule has 1 aromatic heterocycles. The number of benzene rings is 2. The maximum absolute atomic E-state index is 13.4. The third-order valence-electron chi connectivity index (χ3n) is 4.26. The molecule has 1 amide bonds. The molecule has 0 saturated carbocycles. The van der Waals surface area contributed by atoms with Crippen LogP contribution in [-0.2, 0) is 23.1 Å². The summed E-state index contributed by atoms with van der Waals surface area (Å²) >= 11 is 4.90.